The van der Waals surface area contributed by atoms with Crippen LogP contribution in [-0.4, -0.2) is 17.1 Å². The zero-order valence-corrected chi connectivity index (χ0v) is 8.96. The topological polar surface area (TPSA) is 63.3 Å². The molecule has 0 aliphatic heterocycles. The largest absolute Gasteiger partial charge is 0.481 e. The van der Waals surface area contributed by atoms with Crippen molar-refractivity contribution in [2.45, 2.75) is 57.9 Å². The van der Waals surface area contributed by atoms with Gasteiger partial charge in [-0.05, 0) is 32.1 Å². The van der Waals surface area contributed by atoms with Crippen molar-refractivity contribution in [3.63, 3.8) is 0 Å². The summed E-state index contributed by atoms with van der Waals surface area (Å²) in [5.41, 5.74) is 5.34. The van der Waals surface area contributed by atoms with Crippen molar-refractivity contribution in [1.82, 2.24) is 0 Å². The summed E-state index contributed by atoms with van der Waals surface area (Å²) in [5, 5.41) is 9.26. The van der Waals surface area contributed by atoms with Crippen molar-refractivity contribution in [3.05, 3.63) is 0 Å². The second-order valence-electron chi connectivity index (χ2n) is 4.53. The van der Waals surface area contributed by atoms with E-state index in [1.807, 2.05) is 0 Å². The van der Waals surface area contributed by atoms with Gasteiger partial charge in [0.1, 0.15) is 0 Å². The van der Waals surface area contributed by atoms with Crippen LogP contribution in [0.3, 0.4) is 0 Å². The van der Waals surface area contributed by atoms with Crippen molar-refractivity contribution in [2.24, 2.45) is 11.1 Å². The van der Waals surface area contributed by atoms with Gasteiger partial charge in [-0.2, -0.15) is 0 Å². The number of carbonyl (C=O) groups is 1. The Labute approximate surface area is 85.7 Å². The van der Waals surface area contributed by atoms with E-state index in [0.29, 0.717) is 0 Å². The minimum Gasteiger partial charge on any atom is -0.481 e. The third-order valence-corrected chi connectivity index (χ3v) is 3.45. The van der Waals surface area contributed by atoms with Gasteiger partial charge in [-0.15, -0.1) is 0 Å². The van der Waals surface area contributed by atoms with Crippen LogP contribution in [0.5, 0.6) is 0 Å². The molecular formula is C11H21NO2. The molecular weight excluding hydrogens is 178 g/mol. The molecule has 1 aliphatic rings. The second-order valence-corrected chi connectivity index (χ2v) is 4.53. The Hall–Kier alpha value is -0.570. The Morgan fingerprint density at radius 3 is 2.50 bits per heavy atom. The average molecular weight is 199 g/mol. The Balaban J connectivity index is 2.58. The van der Waals surface area contributed by atoms with E-state index in [1.54, 1.807) is 0 Å². The SMILES string of the molecule is CCCCC1(C(=O)O)CCC(N)CC1. The maximum Gasteiger partial charge on any atom is 0.309 e. The van der Waals surface area contributed by atoms with Crippen LogP contribution in [0.15, 0.2) is 0 Å². The molecule has 1 fully saturated rings. The second kappa shape index (κ2) is 4.78. The standard InChI is InChI=1S/C11H21NO2/c1-2-3-6-11(10(13)14)7-4-9(12)5-8-11/h9H,2-8,12H2,1H3,(H,13,14). The van der Waals surface area contributed by atoms with Crippen LogP contribution in [0.1, 0.15) is 51.9 Å². The maximum atomic E-state index is 11.2. The molecule has 0 bridgehead atoms. The van der Waals surface area contributed by atoms with Gasteiger partial charge < -0.3 is 10.8 Å². The third-order valence-electron chi connectivity index (χ3n) is 3.45. The van der Waals surface area contributed by atoms with Crippen LogP contribution in [0.25, 0.3) is 0 Å². The minimum atomic E-state index is -0.613. The van der Waals surface area contributed by atoms with Crippen molar-refractivity contribution in [2.75, 3.05) is 0 Å². The molecule has 0 atom stereocenters. The Kier molecular flexibility index (Phi) is 3.93. The zero-order chi connectivity index (χ0) is 10.6. The lowest BCUT2D eigenvalue weighted by molar-refractivity contribution is -0.151. The van der Waals surface area contributed by atoms with Crippen LogP contribution in [0.4, 0.5) is 0 Å². The van der Waals surface area contributed by atoms with Gasteiger partial charge in [0.15, 0.2) is 0 Å². The molecule has 0 spiro atoms. The Morgan fingerprint density at radius 2 is 2.07 bits per heavy atom. The van der Waals surface area contributed by atoms with Gasteiger partial charge >= 0.3 is 5.97 Å². The molecule has 0 aromatic rings. The summed E-state index contributed by atoms with van der Waals surface area (Å²) in [7, 11) is 0. The summed E-state index contributed by atoms with van der Waals surface area (Å²) in [6, 6.07) is 0.226. The molecule has 82 valence electrons. The number of aliphatic carboxylic acids is 1. The van der Waals surface area contributed by atoms with Crippen molar-refractivity contribution >= 4 is 5.97 Å². The summed E-state index contributed by atoms with van der Waals surface area (Å²) in [6.45, 7) is 2.10. The molecule has 0 heterocycles. The van der Waals surface area contributed by atoms with E-state index in [-0.39, 0.29) is 6.04 Å². The minimum absolute atomic E-state index is 0.226. The van der Waals surface area contributed by atoms with E-state index in [2.05, 4.69) is 6.92 Å². The quantitative estimate of drug-likeness (QED) is 0.729. The highest BCUT2D eigenvalue weighted by molar-refractivity contribution is 5.74. The normalized spacial score (nSPS) is 32.9. The highest BCUT2D eigenvalue weighted by atomic mass is 16.4. The van der Waals surface area contributed by atoms with Crippen LogP contribution < -0.4 is 5.73 Å². The lowest BCUT2D eigenvalue weighted by atomic mass is 9.70. The summed E-state index contributed by atoms with van der Waals surface area (Å²) in [6.07, 6.45) is 6.19. The van der Waals surface area contributed by atoms with Crippen molar-refractivity contribution in [3.8, 4) is 0 Å². The predicted molar refractivity (Wildman–Crippen MR) is 56.0 cm³/mol. The Bertz CT molecular complexity index is 190. The van der Waals surface area contributed by atoms with Gasteiger partial charge in [0.05, 0.1) is 5.41 Å². The molecule has 14 heavy (non-hydrogen) atoms. The Morgan fingerprint density at radius 1 is 1.50 bits per heavy atom. The van der Waals surface area contributed by atoms with Crippen LogP contribution in [0.2, 0.25) is 0 Å². The fourth-order valence-corrected chi connectivity index (χ4v) is 2.28. The van der Waals surface area contributed by atoms with E-state index in [4.69, 9.17) is 5.73 Å². The summed E-state index contributed by atoms with van der Waals surface area (Å²) in [4.78, 5) is 11.2. The fourth-order valence-electron chi connectivity index (χ4n) is 2.28. The third kappa shape index (κ3) is 2.47. The van der Waals surface area contributed by atoms with Gasteiger partial charge in [-0.25, -0.2) is 0 Å². The molecule has 0 saturated heterocycles. The van der Waals surface area contributed by atoms with Gasteiger partial charge in [0, 0.05) is 6.04 Å². The van der Waals surface area contributed by atoms with E-state index in [0.717, 1.165) is 44.9 Å². The molecule has 3 heteroatoms. The maximum absolute atomic E-state index is 11.2. The molecule has 0 amide bonds. The molecule has 0 aromatic carbocycles. The first-order valence-electron chi connectivity index (χ1n) is 5.60. The number of hydrogen-bond donors (Lipinski definition) is 2. The smallest absolute Gasteiger partial charge is 0.309 e. The van der Waals surface area contributed by atoms with Gasteiger partial charge in [-0.3, -0.25) is 4.79 Å². The number of unbranched alkanes of at least 4 members (excludes halogenated alkanes) is 1. The summed E-state index contributed by atoms with van der Waals surface area (Å²) < 4.78 is 0. The van der Waals surface area contributed by atoms with Crippen molar-refractivity contribution < 1.29 is 9.90 Å². The highest BCUT2D eigenvalue weighted by Crippen LogP contribution is 2.40. The summed E-state index contributed by atoms with van der Waals surface area (Å²) in [5.74, 6) is -0.613. The number of rotatable bonds is 4. The number of carboxylic acids is 1. The van der Waals surface area contributed by atoms with Gasteiger partial charge in [-0.1, -0.05) is 19.8 Å². The predicted octanol–water partition coefficient (Wildman–Crippen LogP) is 2.15. The fraction of sp³-hybridized carbons (Fsp3) is 0.909. The highest BCUT2D eigenvalue weighted by Gasteiger charge is 2.40. The average Bonchev–Trinajstić information content (AvgIpc) is 2.17. The molecule has 0 radical (unpaired) electrons. The molecule has 3 nitrogen and oxygen atoms in total. The van der Waals surface area contributed by atoms with Gasteiger partial charge in [0.25, 0.3) is 0 Å². The zero-order valence-electron chi connectivity index (χ0n) is 8.96. The van der Waals surface area contributed by atoms with E-state index >= 15 is 0 Å². The van der Waals surface area contributed by atoms with Gasteiger partial charge in [0.2, 0.25) is 0 Å². The number of nitrogens with two attached hydrogens (primary N) is 1. The molecule has 0 aromatic heterocycles. The van der Waals surface area contributed by atoms with E-state index in [1.165, 1.54) is 0 Å². The molecule has 1 saturated carbocycles. The molecule has 3 N–H and O–H groups in total. The van der Waals surface area contributed by atoms with Crippen LogP contribution in [-0.2, 0) is 4.79 Å². The lowest BCUT2D eigenvalue weighted by Crippen LogP contribution is -2.39. The van der Waals surface area contributed by atoms with Crippen LogP contribution in [0, 0.1) is 5.41 Å². The first kappa shape index (κ1) is 11.5. The summed E-state index contributed by atoms with van der Waals surface area (Å²) >= 11 is 0. The lowest BCUT2D eigenvalue weighted by Gasteiger charge is -2.35. The number of carboxylic acid groups (broad SMARTS) is 1. The van der Waals surface area contributed by atoms with E-state index < -0.39 is 11.4 Å². The molecule has 1 aliphatic carbocycles. The van der Waals surface area contributed by atoms with Crippen molar-refractivity contribution in [1.29, 1.82) is 0 Å². The first-order chi connectivity index (χ1) is 6.60. The van der Waals surface area contributed by atoms with E-state index in [9.17, 15) is 9.90 Å². The molecule has 0 unspecified atom stereocenters. The number of hydrogen-bond acceptors (Lipinski definition) is 2. The first-order valence-corrected chi connectivity index (χ1v) is 5.60. The monoisotopic (exact) mass is 199 g/mol. The molecule has 1 rings (SSSR count). The van der Waals surface area contributed by atoms with Crippen LogP contribution >= 0.6 is 0 Å².